The number of pyridine rings is 1. The molecule has 0 aliphatic heterocycles. The van der Waals surface area contributed by atoms with Crippen LogP contribution in [0.5, 0.6) is 0 Å². The molecular formula is C18H13BrClN3O. The van der Waals surface area contributed by atoms with Crippen LogP contribution in [0.15, 0.2) is 58.1 Å². The van der Waals surface area contributed by atoms with Gasteiger partial charge in [-0.1, -0.05) is 39.2 Å². The van der Waals surface area contributed by atoms with E-state index < -0.39 is 0 Å². The first-order valence-corrected chi connectivity index (χ1v) is 8.36. The Hall–Kier alpha value is -2.24. The maximum absolute atomic E-state index is 12.0. The van der Waals surface area contributed by atoms with Gasteiger partial charge < -0.3 is 0 Å². The van der Waals surface area contributed by atoms with E-state index in [1.807, 2.05) is 31.2 Å². The van der Waals surface area contributed by atoms with Gasteiger partial charge in [0.25, 0.3) is 5.91 Å². The fraction of sp³-hybridized carbons (Fsp3) is 0.0556. The predicted octanol–water partition coefficient (Wildman–Crippen LogP) is 4.72. The van der Waals surface area contributed by atoms with Gasteiger partial charge in [-0.25, -0.2) is 10.4 Å². The summed E-state index contributed by atoms with van der Waals surface area (Å²) < 4.78 is 0.909. The van der Waals surface area contributed by atoms with Crippen molar-refractivity contribution in [1.82, 2.24) is 10.4 Å². The van der Waals surface area contributed by atoms with E-state index in [-0.39, 0.29) is 5.91 Å². The van der Waals surface area contributed by atoms with Crippen molar-refractivity contribution in [2.75, 3.05) is 0 Å². The van der Waals surface area contributed by atoms with E-state index in [0.717, 1.165) is 20.9 Å². The molecule has 0 aliphatic rings. The molecule has 1 heterocycles. The lowest BCUT2D eigenvalue weighted by Crippen LogP contribution is -2.17. The Morgan fingerprint density at radius 2 is 1.96 bits per heavy atom. The zero-order valence-corrected chi connectivity index (χ0v) is 15.1. The van der Waals surface area contributed by atoms with Crippen molar-refractivity contribution in [3.05, 3.63) is 74.8 Å². The molecule has 0 unspecified atom stereocenters. The summed E-state index contributed by atoms with van der Waals surface area (Å²) in [6.45, 7) is 2.01. The molecular weight excluding hydrogens is 390 g/mol. The third-order valence-corrected chi connectivity index (χ3v) is 4.26. The average molecular weight is 403 g/mol. The third-order valence-electron chi connectivity index (χ3n) is 3.43. The van der Waals surface area contributed by atoms with Gasteiger partial charge in [-0.05, 0) is 49.4 Å². The minimum absolute atomic E-state index is 0.292. The molecule has 3 rings (SSSR count). The maximum atomic E-state index is 12.0. The molecule has 0 atom stereocenters. The highest BCUT2D eigenvalue weighted by molar-refractivity contribution is 9.10. The number of hydrazone groups is 1. The first-order chi connectivity index (χ1) is 11.5. The van der Waals surface area contributed by atoms with Crippen molar-refractivity contribution < 1.29 is 4.79 Å². The molecule has 0 spiro atoms. The lowest BCUT2D eigenvalue weighted by atomic mass is 10.1. The van der Waals surface area contributed by atoms with E-state index in [9.17, 15) is 4.79 Å². The van der Waals surface area contributed by atoms with Crippen molar-refractivity contribution in [2.45, 2.75) is 6.92 Å². The van der Waals surface area contributed by atoms with Gasteiger partial charge in [0, 0.05) is 21.0 Å². The molecule has 0 aliphatic carbocycles. The Morgan fingerprint density at radius 3 is 2.71 bits per heavy atom. The number of rotatable bonds is 3. The molecule has 0 fully saturated rings. The summed E-state index contributed by atoms with van der Waals surface area (Å²) in [5.74, 6) is -0.292. The number of halogens is 2. The summed E-state index contributed by atoms with van der Waals surface area (Å²) in [5, 5.41) is 5.28. The minimum Gasteiger partial charge on any atom is -0.267 e. The van der Waals surface area contributed by atoms with Gasteiger partial charge >= 0.3 is 0 Å². The molecule has 0 saturated heterocycles. The first kappa shape index (κ1) is 16.6. The Kier molecular flexibility index (Phi) is 4.92. The van der Waals surface area contributed by atoms with E-state index in [0.29, 0.717) is 16.3 Å². The normalized spacial score (nSPS) is 11.1. The summed E-state index contributed by atoms with van der Waals surface area (Å²) >= 11 is 9.50. The SMILES string of the molecule is Cc1ccc2nc(Cl)c(C=NNC(=O)c3ccc(Br)cc3)cc2c1. The second-order valence-corrected chi connectivity index (χ2v) is 6.54. The lowest BCUT2D eigenvalue weighted by Gasteiger charge is -2.03. The fourth-order valence-corrected chi connectivity index (χ4v) is 2.66. The highest BCUT2D eigenvalue weighted by atomic mass is 79.9. The van der Waals surface area contributed by atoms with Crippen LogP contribution in [0.3, 0.4) is 0 Å². The van der Waals surface area contributed by atoms with Crippen molar-refractivity contribution in [3.63, 3.8) is 0 Å². The summed E-state index contributed by atoms with van der Waals surface area (Å²) in [7, 11) is 0. The largest absolute Gasteiger partial charge is 0.271 e. The van der Waals surface area contributed by atoms with Gasteiger partial charge in [0.15, 0.2) is 0 Å². The third kappa shape index (κ3) is 3.80. The monoisotopic (exact) mass is 401 g/mol. The summed E-state index contributed by atoms with van der Waals surface area (Å²) in [4.78, 5) is 16.3. The molecule has 1 amide bonds. The number of nitrogens with zero attached hydrogens (tertiary/aromatic N) is 2. The van der Waals surface area contributed by atoms with Crippen LogP contribution in [-0.2, 0) is 0 Å². The van der Waals surface area contributed by atoms with Gasteiger partial charge in [-0.15, -0.1) is 0 Å². The van der Waals surface area contributed by atoms with Crippen LogP contribution in [-0.4, -0.2) is 17.1 Å². The number of hydrogen-bond acceptors (Lipinski definition) is 3. The number of nitrogens with one attached hydrogen (secondary N) is 1. The van der Waals surface area contributed by atoms with Gasteiger partial charge in [-0.2, -0.15) is 5.10 Å². The topological polar surface area (TPSA) is 54.4 Å². The summed E-state index contributed by atoms with van der Waals surface area (Å²) in [5.41, 5.74) is 5.61. The fourth-order valence-electron chi connectivity index (χ4n) is 2.21. The van der Waals surface area contributed by atoms with Crippen LogP contribution >= 0.6 is 27.5 Å². The minimum atomic E-state index is -0.292. The molecule has 0 saturated carbocycles. The highest BCUT2D eigenvalue weighted by Gasteiger charge is 2.05. The van der Waals surface area contributed by atoms with Crippen LogP contribution in [0.25, 0.3) is 10.9 Å². The van der Waals surface area contributed by atoms with E-state index in [1.54, 1.807) is 24.3 Å². The van der Waals surface area contributed by atoms with Crippen molar-refractivity contribution >= 4 is 50.6 Å². The molecule has 3 aromatic rings. The molecule has 6 heteroatoms. The molecule has 4 nitrogen and oxygen atoms in total. The number of carbonyl (C=O) groups excluding carboxylic acids is 1. The molecule has 24 heavy (non-hydrogen) atoms. The predicted molar refractivity (Wildman–Crippen MR) is 101 cm³/mol. The van der Waals surface area contributed by atoms with Gasteiger partial charge in [-0.3, -0.25) is 4.79 Å². The Morgan fingerprint density at radius 1 is 1.21 bits per heavy atom. The number of fused-ring (bicyclic) bond motifs is 1. The van der Waals surface area contributed by atoms with E-state index in [4.69, 9.17) is 11.6 Å². The summed E-state index contributed by atoms with van der Waals surface area (Å²) in [6, 6.07) is 14.8. The molecule has 1 aromatic heterocycles. The molecule has 120 valence electrons. The van der Waals surface area contributed by atoms with Crippen molar-refractivity contribution in [1.29, 1.82) is 0 Å². The van der Waals surface area contributed by atoms with Crippen LogP contribution < -0.4 is 5.43 Å². The zero-order valence-electron chi connectivity index (χ0n) is 12.8. The zero-order chi connectivity index (χ0) is 17.1. The van der Waals surface area contributed by atoms with Crippen LogP contribution in [0.1, 0.15) is 21.5 Å². The molecule has 2 aromatic carbocycles. The number of benzene rings is 2. The van der Waals surface area contributed by atoms with Crippen LogP contribution in [0.2, 0.25) is 5.15 Å². The number of aromatic nitrogens is 1. The lowest BCUT2D eigenvalue weighted by molar-refractivity contribution is 0.0955. The van der Waals surface area contributed by atoms with Gasteiger partial charge in [0.1, 0.15) is 5.15 Å². The first-order valence-electron chi connectivity index (χ1n) is 7.19. The number of carbonyl (C=O) groups is 1. The van der Waals surface area contributed by atoms with E-state index >= 15 is 0 Å². The average Bonchev–Trinajstić information content (AvgIpc) is 2.56. The van der Waals surface area contributed by atoms with Gasteiger partial charge in [0.05, 0.1) is 11.7 Å². The molecule has 0 radical (unpaired) electrons. The second-order valence-electron chi connectivity index (χ2n) is 5.27. The second kappa shape index (κ2) is 7.11. The van der Waals surface area contributed by atoms with Crippen LogP contribution in [0, 0.1) is 6.92 Å². The summed E-state index contributed by atoms with van der Waals surface area (Å²) in [6.07, 6.45) is 1.49. The molecule has 0 bridgehead atoms. The number of amides is 1. The number of aryl methyl sites for hydroxylation is 1. The van der Waals surface area contributed by atoms with E-state index in [2.05, 4.69) is 31.4 Å². The smallest absolute Gasteiger partial charge is 0.267 e. The quantitative estimate of drug-likeness (QED) is 0.391. The number of hydrogen-bond donors (Lipinski definition) is 1. The van der Waals surface area contributed by atoms with Crippen LogP contribution in [0.4, 0.5) is 0 Å². The maximum Gasteiger partial charge on any atom is 0.271 e. The van der Waals surface area contributed by atoms with Crippen molar-refractivity contribution in [2.24, 2.45) is 5.10 Å². The Labute approximate surface area is 152 Å². The Balaban J connectivity index is 1.78. The standard InChI is InChI=1S/C18H13BrClN3O/c1-11-2-7-16-13(8-11)9-14(17(20)22-16)10-21-23-18(24)12-3-5-15(19)6-4-12/h2-10H,1H3,(H,23,24). The van der Waals surface area contributed by atoms with Gasteiger partial charge in [0.2, 0.25) is 0 Å². The highest BCUT2D eigenvalue weighted by Crippen LogP contribution is 2.20. The van der Waals surface area contributed by atoms with E-state index in [1.165, 1.54) is 6.21 Å². The van der Waals surface area contributed by atoms with Crippen molar-refractivity contribution in [3.8, 4) is 0 Å². The Bertz CT molecular complexity index is 939. The molecule has 1 N–H and O–H groups in total.